The second-order valence-corrected chi connectivity index (χ2v) is 3.93. The van der Waals surface area contributed by atoms with Crippen LogP contribution < -0.4 is 0 Å². The van der Waals surface area contributed by atoms with Crippen molar-refractivity contribution < 1.29 is 18.3 Å². The molecule has 1 aromatic heterocycles. The lowest BCUT2D eigenvalue weighted by Crippen LogP contribution is -2.05. The maximum Gasteiger partial charge on any atom is 0.165 e. The molecule has 1 unspecified atom stereocenters. The minimum atomic E-state index is -1.22. The van der Waals surface area contributed by atoms with Gasteiger partial charge in [0, 0.05) is 11.1 Å². The third kappa shape index (κ3) is 1.96. The Morgan fingerprint density at radius 2 is 1.76 bits per heavy atom. The normalized spacial score (nSPS) is 12.8. The van der Waals surface area contributed by atoms with Crippen LogP contribution in [0.15, 0.2) is 28.9 Å². The van der Waals surface area contributed by atoms with Crippen LogP contribution >= 0.6 is 0 Å². The zero-order chi connectivity index (χ0) is 12.6. The molecule has 2 nitrogen and oxygen atoms in total. The molecule has 2 rings (SSSR count). The number of hydrogen-bond acceptors (Lipinski definition) is 2. The first kappa shape index (κ1) is 11.8. The number of halogens is 2. The van der Waals surface area contributed by atoms with E-state index in [4.69, 9.17) is 4.42 Å². The number of hydrogen-bond donors (Lipinski definition) is 1. The van der Waals surface area contributed by atoms with Gasteiger partial charge in [0.25, 0.3) is 0 Å². The number of aryl methyl sites for hydroxylation is 2. The van der Waals surface area contributed by atoms with Gasteiger partial charge in [0.1, 0.15) is 11.9 Å². The smallest absolute Gasteiger partial charge is 0.165 e. The molecule has 0 fully saturated rings. The highest BCUT2D eigenvalue weighted by molar-refractivity contribution is 5.34. The summed E-state index contributed by atoms with van der Waals surface area (Å²) in [6.07, 6.45) is 0.180. The fraction of sp³-hybridized carbons (Fsp3) is 0.231. The highest BCUT2D eigenvalue weighted by Gasteiger charge is 2.21. The Morgan fingerprint density at radius 3 is 2.35 bits per heavy atom. The molecule has 0 bridgehead atoms. The summed E-state index contributed by atoms with van der Waals surface area (Å²) in [6, 6.07) is 4.36. The maximum atomic E-state index is 13.7. The molecule has 1 heterocycles. The molecule has 0 amide bonds. The summed E-state index contributed by atoms with van der Waals surface area (Å²) in [7, 11) is 0. The van der Waals surface area contributed by atoms with E-state index in [0.717, 1.165) is 0 Å². The molecule has 0 saturated heterocycles. The van der Waals surface area contributed by atoms with Crippen LogP contribution in [0.3, 0.4) is 0 Å². The molecule has 0 aliphatic rings. The van der Waals surface area contributed by atoms with Crippen molar-refractivity contribution in [3.8, 4) is 0 Å². The summed E-state index contributed by atoms with van der Waals surface area (Å²) in [5.74, 6) is -1.46. The van der Waals surface area contributed by atoms with E-state index in [1.54, 1.807) is 6.92 Å². The van der Waals surface area contributed by atoms with Crippen LogP contribution in [-0.4, -0.2) is 5.11 Å². The predicted octanol–water partition coefficient (Wildman–Crippen LogP) is 3.26. The van der Waals surface area contributed by atoms with Gasteiger partial charge in [-0.05, 0) is 25.5 Å². The SMILES string of the molecule is Cc1ccc(C(O)c2ccoc2C)c(F)c1F. The molecule has 0 spiro atoms. The van der Waals surface area contributed by atoms with Gasteiger partial charge in [-0.2, -0.15) is 0 Å². The minimum Gasteiger partial charge on any atom is -0.469 e. The van der Waals surface area contributed by atoms with Crippen LogP contribution in [0.2, 0.25) is 0 Å². The van der Waals surface area contributed by atoms with E-state index >= 15 is 0 Å². The second-order valence-electron chi connectivity index (χ2n) is 3.93. The summed E-state index contributed by atoms with van der Waals surface area (Å²) in [4.78, 5) is 0. The van der Waals surface area contributed by atoms with Gasteiger partial charge in [-0.3, -0.25) is 0 Å². The summed E-state index contributed by atoms with van der Waals surface area (Å²) in [5, 5.41) is 9.99. The summed E-state index contributed by atoms with van der Waals surface area (Å²) in [6.45, 7) is 3.12. The summed E-state index contributed by atoms with van der Waals surface area (Å²) in [5.41, 5.74) is 0.562. The van der Waals surface area contributed by atoms with Crippen molar-refractivity contribution in [2.45, 2.75) is 20.0 Å². The Morgan fingerprint density at radius 1 is 1.06 bits per heavy atom. The van der Waals surface area contributed by atoms with E-state index < -0.39 is 17.7 Å². The third-order valence-corrected chi connectivity index (χ3v) is 2.79. The molecule has 90 valence electrons. The van der Waals surface area contributed by atoms with Crippen molar-refractivity contribution in [2.24, 2.45) is 0 Å². The zero-order valence-corrected chi connectivity index (χ0v) is 9.50. The molecule has 0 radical (unpaired) electrons. The summed E-state index contributed by atoms with van der Waals surface area (Å²) < 4.78 is 32.1. The molecule has 1 N–H and O–H groups in total. The fourth-order valence-corrected chi connectivity index (χ4v) is 1.72. The van der Waals surface area contributed by atoms with Crippen molar-refractivity contribution in [1.82, 2.24) is 0 Å². The van der Waals surface area contributed by atoms with Gasteiger partial charge in [-0.25, -0.2) is 8.78 Å². The van der Waals surface area contributed by atoms with Crippen LogP contribution in [0.4, 0.5) is 8.78 Å². The van der Waals surface area contributed by atoms with Crippen LogP contribution in [-0.2, 0) is 0 Å². The average Bonchev–Trinajstić information content (AvgIpc) is 2.72. The van der Waals surface area contributed by atoms with E-state index in [2.05, 4.69) is 0 Å². The van der Waals surface area contributed by atoms with Crippen LogP contribution in [0.5, 0.6) is 0 Å². The van der Waals surface area contributed by atoms with Crippen molar-refractivity contribution in [2.75, 3.05) is 0 Å². The quantitative estimate of drug-likeness (QED) is 0.871. The van der Waals surface area contributed by atoms with E-state index in [9.17, 15) is 13.9 Å². The van der Waals surface area contributed by atoms with Gasteiger partial charge < -0.3 is 9.52 Å². The molecule has 0 saturated carbocycles. The summed E-state index contributed by atoms with van der Waals surface area (Å²) >= 11 is 0. The lowest BCUT2D eigenvalue weighted by molar-refractivity contribution is 0.211. The Bertz CT molecular complexity index is 546. The number of aliphatic hydroxyl groups is 1. The van der Waals surface area contributed by atoms with E-state index in [0.29, 0.717) is 11.3 Å². The zero-order valence-electron chi connectivity index (χ0n) is 9.50. The largest absolute Gasteiger partial charge is 0.469 e. The Hall–Kier alpha value is -1.68. The monoisotopic (exact) mass is 238 g/mol. The first-order valence-electron chi connectivity index (χ1n) is 5.19. The molecule has 0 aliphatic heterocycles. The number of benzene rings is 1. The fourth-order valence-electron chi connectivity index (χ4n) is 1.72. The van der Waals surface area contributed by atoms with E-state index in [1.165, 1.54) is 31.4 Å². The van der Waals surface area contributed by atoms with Crippen molar-refractivity contribution in [1.29, 1.82) is 0 Å². The molecular formula is C13H12F2O2. The van der Waals surface area contributed by atoms with Gasteiger partial charge in [0.05, 0.1) is 6.26 Å². The van der Waals surface area contributed by atoms with Gasteiger partial charge in [-0.15, -0.1) is 0 Å². The van der Waals surface area contributed by atoms with Crippen molar-refractivity contribution in [3.05, 3.63) is 58.5 Å². The molecule has 0 aliphatic carbocycles. The van der Waals surface area contributed by atoms with Gasteiger partial charge >= 0.3 is 0 Å². The maximum absolute atomic E-state index is 13.7. The lowest BCUT2D eigenvalue weighted by Gasteiger charge is -2.12. The molecule has 2 aromatic rings. The Balaban J connectivity index is 2.48. The lowest BCUT2D eigenvalue weighted by atomic mass is 10.00. The van der Waals surface area contributed by atoms with Crippen molar-refractivity contribution in [3.63, 3.8) is 0 Å². The highest BCUT2D eigenvalue weighted by Crippen LogP contribution is 2.29. The highest BCUT2D eigenvalue weighted by atomic mass is 19.2. The van der Waals surface area contributed by atoms with Crippen LogP contribution in [0.25, 0.3) is 0 Å². The van der Waals surface area contributed by atoms with Crippen LogP contribution in [0, 0.1) is 25.5 Å². The molecule has 17 heavy (non-hydrogen) atoms. The molecule has 1 atom stereocenters. The van der Waals surface area contributed by atoms with E-state index in [-0.39, 0.29) is 11.1 Å². The third-order valence-electron chi connectivity index (χ3n) is 2.79. The average molecular weight is 238 g/mol. The first-order chi connectivity index (χ1) is 8.02. The molecule has 1 aromatic carbocycles. The van der Waals surface area contributed by atoms with Crippen LogP contribution in [0.1, 0.15) is 28.6 Å². The second kappa shape index (κ2) is 4.30. The van der Waals surface area contributed by atoms with Gasteiger partial charge in [0.15, 0.2) is 11.6 Å². The molecular weight excluding hydrogens is 226 g/mol. The van der Waals surface area contributed by atoms with Crippen molar-refractivity contribution >= 4 is 0 Å². The van der Waals surface area contributed by atoms with Gasteiger partial charge in [-0.1, -0.05) is 12.1 Å². The van der Waals surface area contributed by atoms with E-state index in [1.807, 2.05) is 0 Å². The van der Waals surface area contributed by atoms with Gasteiger partial charge in [0.2, 0.25) is 0 Å². The first-order valence-corrected chi connectivity index (χ1v) is 5.19. The topological polar surface area (TPSA) is 33.4 Å². The number of aliphatic hydroxyl groups excluding tert-OH is 1. The predicted molar refractivity (Wildman–Crippen MR) is 58.6 cm³/mol. The Labute approximate surface area is 97.5 Å². The standard InChI is InChI=1S/C13H12F2O2/c1-7-3-4-10(12(15)11(7)14)13(16)9-5-6-17-8(9)2/h3-6,13,16H,1-2H3. The molecule has 4 heteroatoms. The number of furan rings is 1. The Kier molecular flexibility index (Phi) is 2.98. The minimum absolute atomic E-state index is 0.0856. The number of rotatable bonds is 2.